The first-order chi connectivity index (χ1) is 12.8. The van der Waals surface area contributed by atoms with Gasteiger partial charge in [-0.3, -0.25) is 14.3 Å². The van der Waals surface area contributed by atoms with Crippen LogP contribution in [0.2, 0.25) is 0 Å². The van der Waals surface area contributed by atoms with Crippen LogP contribution in [0.4, 0.5) is 0 Å². The van der Waals surface area contributed by atoms with E-state index in [-0.39, 0.29) is 5.56 Å². The molecule has 3 aliphatic rings. The molecule has 0 unspecified atom stereocenters. The number of aromatic nitrogens is 2. The van der Waals surface area contributed by atoms with Crippen molar-refractivity contribution in [2.75, 3.05) is 52.5 Å². The Hall–Kier alpha value is -1.24. The van der Waals surface area contributed by atoms with Gasteiger partial charge in [0.15, 0.2) is 0 Å². The molecular weight excluding hydrogens is 328 g/mol. The van der Waals surface area contributed by atoms with Crippen LogP contribution in [0.1, 0.15) is 43.7 Å². The van der Waals surface area contributed by atoms with Crippen LogP contribution in [0.5, 0.6) is 0 Å². The lowest BCUT2D eigenvalue weighted by Gasteiger charge is -2.33. The summed E-state index contributed by atoms with van der Waals surface area (Å²) in [7, 11) is 0. The lowest BCUT2D eigenvalue weighted by molar-refractivity contribution is 0.129. The van der Waals surface area contributed by atoms with Crippen LogP contribution in [-0.2, 0) is 11.3 Å². The van der Waals surface area contributed by atoms with Crippen LogP contribution >= 0.6 is 0 Å². The Balaban J connectivity index is 1.20. The van der Waals surface area contributed by atoms with E-state index in [1.165, 1.54) is 32.2 Å². The molecule has 0 aromatic carbocycles. The summed E-state index contributed by atoms with van der Waals surface area (Å²) < 4.78 is 7.36. The molecule has 0 N–H and O–H groups in total. The zero-order chi connectivity index (χ0) is 17.8. The van der Waals surface area contributed by atoms with Crippen LogP contribution in [0.15, 0.2) is 17.2 Å². The van der Waals surface area contributed by atoms with Crippen molar-refractivity contribution >= 4 is 0 Å². The van der Waals surface area contributed by atoms with E-state index in [0.29, 0.717) is 11.8 Å². The molecule has 144 valence electrons. The van der Waals surface area contributed by atoms with Crippen LogP contribution in [0, 0.1) is 5.92 Å². The number of rotatable bonds is 6. The second kappa shape index (κ2) is 8.63. The average molecular weight is 361 g/mol. The van der Waals surface area contributed by atoms with Gasteiger partial charge in [0, 0.05) is 51.3 Å². The summed E-state index contributed by atoms with van der Waals surface area (Å²) in [4.78, 5) is 21.9. The van der Waals surface area contributed by atoms with E-state index in [2.05, 4.69) is 14.8 Å². The van der Waals surface area contributed by atoms with Gasteiger partial charge in [-0.15, -0.1) is 0 Å². The van der Waals surface area contributed by atoms with Gasteiger partial charge in [-0.25, -0.2) is 4.98 Å². The second-order valence-corrected chi connectivity index (χ2v) is 8.17. The second-order valence-electron chi connectivity index (χ2n) is 8.17. The fourth-order valence-corrected chi connectivity index (χ4v) is 4.15. The molecule has 4 rings (SSSR count). The maximum atomic E-state index is 12.3. The first kappa shape index (κ1) is 18.1. The molecule has 2 saturated heterocycles. The minimum Gasteiger partial charge on any atom is -0.380 e. The lowest BCUT2D eigenvalue weighted by atomic mass is 9.96. The van der Waals surface area contributed by atoms with Crippen molar-refractivity contribution in [3.05, 3.63) is 28.4 Å². The maximum absolute atomic E-state index is 12.3. The normalized spacial score (nSPS) is 23.8. The molecule has 0 bridgehead atoms. The molecule has 0 spiro atoms. The highest BCUT2D eigenvalue weighted by molar-refractivity contribution is 5.12. The number of hydrogen-bond donors (Lipinski definition) is 0. The SMILES string of the molecule is O=c1cc(C2CC2)ncn1CC1CCN(CCN2CCCOCC2)CC1. The molecule has 1 aromatic heterocycles. The summed E-state index contributed by atoms with van der Waals surface area (Å²) in [6, 6.07) is 1.76. The lowest BCUT2D eigenvalue weighted by Crippen LogP contribution is -2.41. The Morgan fingerprint density at radius 2 is 1.77 bits per heavy atom. The van der Waals surface area contributed by atoms with Crippen LogP contribution in [0.25, 0.3) is 0 Å². The molecule has 2 aliphatic heterocycles. The monoisotopic (exact) mass is 360 g/mol. The fourth-order valence-electron chi connectivity index (χ4n) is 4.15. The van der Waals surface area contributed by atoms with Gasteiger partial charge in [0.1, 0.15) is 0 Å². The van der Waals surface area contributed by atoms with E-state index in [4.69, 9.17) is 4.74 Å². The Bertz CT molecular complexity index is 627. The standard InChI is InChI=1S/C20H32N4O2/c25-20-14-19(18-2-3-18)21-16-24(20)15-17-4-7-23(8-5-17)10-9-22-6-1-12-26-13-11-22/h14,16-18H,1-13,15H2. The first-order valence-corrected chi connectivity index (χ1v) is 10.4. The number of piperidine rings is 1. The van der Waals surface area contributed by atoms with Gasteiger partial charge in [0.25, 0.3) is 5.56 Å². The predicted octanol–water partition coefficient (Wildman–Crippen LogP) is 1.56. The van der Waals surface area contributed by atoms with Crippen molar-refractivity contribution in [1.82, 2.24) is 19.4 Å². The van der Waals surface area contributed by atoms with Gasteiger partial charge >= 0.3 is 0 Å². The largest absolute Gasteiger partial charge is 0.380 e. The summed E-state index contributed by atoms with van der Waals surface area (Å²) in [6.45, 7) is 9.47. The minimum absolute atomic E-state index is 0.132. The zero-order valence-electron chi connectivity index (χ0n) is 15.8. The third-order valence-corrected chi connectivity index (χ3v) is 6.11. The van der Waals surface area contributed by atoms with Crippen molar-refractivity contribution in [2.24, 2.45) is 5.92 Å². The molecule has 3 fully saturated rings. The maximum Gasteiger partial charge on any atom is 0.253 e. The van der Waals surface area contributed by atoms with Crippen molar-refractivity contribution in [3.8, 4) is 0 Å². The molecule has 0 radical (unpaired) electrons. The molecule has 26 heavy (non-hydrogen) atoms. The molecule has 0 amide bonds. The molecule has 6 heteroatoms. The number of nitrogens with zero attached hydrogens (tertiary/aromatic N) is 4. The summed E-state index contributed by atoms with van der Waals surface area (Å²) >= 11 is 0. The summed E-state index contributed by atoms with van der Waals surface area (Å²) in [5, 5.41) is 0. The fraction of sp³-hybridized carbons (Fsp3) is 0.800. The van der Waals surface area contributed by atoms with Crippen molar-refractivity contribution in [2.45, 2.75) is 44.6 Å². The Kier molecular flexibility index (Phi) is 6.02. The molecule has 6 nitrogen and oxygen atoms in total. The average Bonchev–Trinajstić information content (AvgIpc) is 3.50. The van der Waals surface area contributed by atoms with Gasteiger partial charge in [0.2, 0.25) is 0 Å². The molecular formula is C20H32N4O2. The molecule has 1 aliphatic carbocycles. The van der Waals surface area contributed by atoms with E-state index in [1.54, 1.807) is 12.4 Å². The van der Waals surface area contributed by atoms with Crippen LogP contribution < -0.4 is 5.56 Å². The van der Waals surface area contributed by atoms with E-state index in [0.717, 1.165) is 64.6 Å². The Morgan fingerprint density at radius 3 is 2.50 bits per heavy atom. The smallest absolute Gasteiger partial charge is 0.253 e. The highest BCUT2D eigenvalue weighted by Crippen LogP contribution is 2.38. The van der Waals surface area contributed by atoms with E-state index in [1.807, 2.05) is 4.57 Å². The number of likely N-dealkylation sites (tertiary alicyclic amines) is 1. The third-order valence-electron chi connectivity index (χ3n) is 6.11. The van der Waals surface area contributed by atoms with Crippen LogP contribution in [-0.4, -0.2) is 71.8 Å². The molecule has 3 heterocycles. The minimum atomic E-state index is 0.132. The topological polar surface area (TPSA) is 50.6 Å². The zero-order valence-corrected chi connectivity index (χ0v) is 15.8. The van der Waals surface area contributed by atoms with Gasteiger partial charge in [0.05, 0.1) is 18.6 Å². The highest BCUT2D eigenvalue weighted by atomic mass is 16.5. The molecule has 0 atom stereocenters. The van der Waals surface area contributed by atoms with Gasteiger partial charge in [-0.2, -0.15) is 0 Å². The van der Waals surface area contributed by atoms with Gasteiger partial charge < -0.3 is 9.64 Å². The summed E-state index contributed by atoms with van der Waals surface area (Å²) in [5.41, 5.74) is 1.13. The van der Waals surface area contributed by atoms with Gasteiger partial charge in [-0.05, 0) is 51.1 Å². The quantitative estimate of drug-likeness (QED) is 0.771. The summed E-state index contributed by atoms with van der Waals surface area (Å²) in [6.07, 6.45) is 7.69. The van der Waals surface area contributed by atoms with E-state index < -0.39 is 0 Å². The Labute approximate surface area is 156 Å². The summed E-state index contributed by atoms with van der Waals surface area (Å²) in [5.74, 6) is 1.15. The first-order valence-electron chi connectivity index (χ1n) is 10.4. The van der Waals surface area contributed by atoms with Gasteiger partial charge in [-0.1, -0.05) is 0 Å². The van der Waals surface area contributed by atoms with Crippen molar-refractivity contribution in [3.63, 3.8) is 0 Å². The van der Waals surface area contributed by atoms with Crippen molar-refractivity contribution in [1.29, 1.82) is 0 Å². The number of ether oxygens (including phenoxy) is 1. The highest BCUT2D eigenvalue weighted by Gasteiger charge is 2.26. The number of hydrogen-bond acceptors (Lipinski definition) is 5. The third kappa shape index (κ3) is 4.93. The molecule has 1 saturated carbocycles. The molecule has 1 aromatic rings. The Morgan fingerprint density at radius 1 is 1.00 bits per heavy atom. The van der Waals surface area contributed by atoms with E-state index >= 15 is 0 Å². The van der Waals surface area contributed by atoms with Crippen LogP contribution in [0.3, 0.4) is 0 Å². The predicted molar refractivity (Wildman–Crippen MR) is 102 cm³/mol. The van der Waals surface area contributed by atoms with Crippen molar-refractivity contribution < 1.29 is 4.74 Å². The van der Waals surface area contributed by atoms with E-state index in [9.17, 15) is 4.79 Å².